The molecule has 0 aromatic heterocycles. The first kappa shape index (κ1) is 59.6. The quantitative estimate of drug-likeness (QED) is 0.0262. The van der Waals surface area contributed by atoms with Crippen LogP contribution >= 0.6 is 0 Å². The molecule has 6 nitrogen and oxygen atoms in total. The minimum Gasteiger partial charge on any atom is -0.462 e. The van der Waals surface area contributed by atoms with Crippen LogP contribution in [0, 0.1) is 0 Å². The van der Waals surface area contributed by atoms with E-state index in [2.05, 4.69) is 57.2 Å². The van der Waals surface area contributed by atoms with Crippen LogP contribution in [0.2, 0.25) is 0 Å². The standard InChI is InChI=1S/C56H102O6/c1-4-7-10-13-16-19-21-23-25-27-28-29-31-32-34-37-40-43-46-49-55(58)61-52-53(51-60-54(57)48-45-42-39-36-18-15-12-9-6-3)62-56(59)50-47-44-41-38-35-33-30-26-24-22-20-17-14-11-8-5-2/h20,22-23,25-26,30,53H,4-19,21,24,27-29,31-52H2,1-3H3/b22-20-,25-23-,30-26-. The van der Waals surface area contributed by atoms with Crippen molar-refractivity contribution in [2.75, 3.05) is 13.2 Å². The number of carbonyl (C=O) groups is 3. The normalized spacial score (nSPS) is 12.2. The van der Waals surface area contributed by atoms with Crippen molar-refractivity contribution in [3.8, 4) is 0 Å². The van der Waals surface area contributed by atoms with Crippen LogP contribution in [-0.2, 0) is 28.6 Å². The third kappa shape index (κ3) is 48.7. The number of ether oxygens (including phenoxy) is 3. The van der Waals surface area contributed by atoms with Gasteiger partial charge in [-0.05, 0) is 77.0 Å². The average molecular weight is 871 g/mol. The van der Waals surface area contributed by atoms with E-state index in [-0.39, 0.29) is 31.1 Å². The monoisotopic (exact) mass is 871 g/mol. The highest BCUT2D eigenvalue weighted by atomic mass is 16.6. The predicted molar refractivity (Wildman–Crippen MR) is 266 cm³/mol. The number of allylic oxidation sites excluding steroid dienone is 6. The Hall–Kier alpha value is -2.37. The zero-order chi connectivity index (χ0) is 45.1. The maximum Gasteiger partial charge on any atom is 0.306 e. The second-order valence-electron chi connectivity index (χ2n) is 18.1. The van der Waals surface area contributed by atoms with Gasteiger partial charge in [0.15, 0.2) is 6.10 Å². The Morgan fingerprint density at radius 2 is 0.581 bits per heavy atom. The Morgan fingerprint density at radius 1 is 0.323 bits per heavy atom. The van der Waals surface area contributed by atoms with Crippen LogP contribution in [0.25, 0.3) is 0 Å². The minimum absolute atomic E-state index is 0.0759. The van der Waals surface area contributed by atoms with Gasteiger partial charge in [0, 0.05) is 19.3 Å². The van der Waals surface area contributed by atoms with Gasteiger partial charge in [0.2, 0.25) is 0 Å². The van der Waals surface area contributed by atoms with Gasteiger partial charge >= 0.3 is 17.9 Å². The molecule has 0 bridgehead atoms. The van der Waals surface area contributed by atoms with Gasteiger partial charge in [0.25, 0.3) is 0 Å². The van der Waals surface area contributed by atoms with Gasteiger partial charge in [-0.1, -0.05) is 224 Å². The molecule has 0 rings (SSSR count). The molecule has 1 atom stereocenters. The molecular formula is C56H102O6. The van der Waals surface area contributed by atoms with E-state index in [1.807, 2.05) is 0 Å². The minimum atomic E-state index is -0.776. The first-order valence-corrected chi connectivity index (χ1v) is 27.0. The van der Waals surface area contributed by atoms with Crippen LogP contribution in [0.4, 0.5) is 0 Å². The van der Waals surface area contributed by atoms with Crippen molar-refractivity contribution in [2.24, 2.45) is 0 Å². The van der Waals surface area contributed by atoms with E-state index in [0.29, 0.717) is 19.3 Å². The summed E-state index contributed by atoms with van der Waals surface area (Å²) in [5.41, 5.74) is 0. The lowest BCUT2D eigenvalue weighted by Crippen LogP contribution is -2.30. The molecule has 362 valence electrons. The molecule has 0 aliphatic rings. The molecule has 0 aromatic rings. The van der Waals surface area contributed by atoms with Gasteiger partial charge in [-0.15, -0.1) is 0 Å². The fourth-order valence-electron chi connectivity index (χ4n) is 7.76. The molecule has 1 unspecified atom stereocenters. The molecular weight excluding hydrogens is 769 g/mol. The van der Waals surface area contributed by atoms with Gasteiger partial charge in [0.1, 0.15) is 13.2 Å². The first-order chi connectivity index (χ1) is 30.5. The number of carbonyl (C=O) groups excluding carboxylic acids is 3. The second-order valence-corrected chi connectivity index (χ2v) is 18.1. The van der Waals surface area contributed by atoms with E-state index >= 15 is 0 Å². The van der Waals surface area contributed by atoms with Crippen molar-refractivity contribution < 1.29 is 28.6 Å². The number of hydrogen-bond acceptors (Lipinski definition) is 6. The van der Waals surface area contributed by atoms with Crippen LogP contribution in [0.15, 0.2) is 36.5 Å². The lowest BCUT2D eigenvalue weighted by atomic mass is 10.1. The lowest BCUT2D eigenvalue weighted by molar-refractivity contribution is -0.167. The summed E-state index contributed by atoms with van der Waals surface area (Å²) in [7, 11) is 0. The summed E-state index contributed by atoms with van der Waals surface area (Å²) in [4.78, 5) is 37.9. The van der Waals surface area contributed by atoms with E-state index < -0.39 is 6.10 Å². The Balaban J connectivity index is 4.29. The summed E-state index contributed by atoms with van der Waals surface area (Å²) < 4.78 is 16.8. The van der Waals surface area contributed by atoms with Crippen molar-refractivity contribution in [1.82, 2.24) is 0 Å². The largest absolute Gasteiger partial charge is 0.462 e. The topological polar surface area (TPSA) is 78.9 Å². The maximum absolute atomic E-state index is 12.8. The Morgan fingerprint density at radius 3 is 0.919 bits per heavy atom. The summed E-state index contributed by atoms with van der Waals surface area (Å²) >= 11 is 0. The van der Waals surface area contributed by atoms with Gasteiger partial charge in [-0.25, -0.2) is 0 Å². The molecule has 0 N–H and O–H groups in total. The molecule has 0 aliphatic carbocycles. The molecule has 0 heterocycles. The van der Waals surface area contributed by atoms with Crippen LogP contribution < -0.4 is 0 Å². The summed E-state index contributed by atoms with van der Waals surface area (Å²) in [5.74, 6) is -0.883. The highest BCUT2D eigenvalue weighted by molar-refractivity contribution is 5.71. The number of esters is 3. The molecule has 62 heavy (non-hydrogen) atoms. The molecule has 6 heteroatoms. The van der Waals surface area contributed by atoms with E-state index in [0.717, 1.165) is 83.5 Å². The summed E-state index contributed by atoms with van der Waals surface area (Å²) in [6, 6.07) is 0. The third-order valence-electron chi connectivity index (χ3n) is 11.9. The van der Waals surface area contributed by atoms with Crippen LogP contribution in [0.5, 0.6) is 0 Å². The smallest absolute Gasteiger partial charge is 0.306 e. The molecule has 0 aromatic carbocycles. The Kier molecular flexibility index (Phi) is 49.3. The van der Waals surface area contributed by atoms with Crippen LogP contribution in [-0.4, -0.2) is 37.2 Å². The van der Waals surface area contributed by atoms with Gasteiger partial charge < -0.3 is 14.2 Å². The first-order valence-electron chi connectivity index (χ1n) is 27.0. The second kappa shape index (κ2) is 51.3. The molecule has 0 spiro atoms. The predicted octanol–water partition coefficient (Wildman–Crippen LogP) is 17.7. The molecule has 0 fully saturated rings. The number of rotatable bonds is 49. The number of hydrogen-bond donors (Lipinski definition) is 0. The van der Waals surface area contributed by atoms with E-state index in [9.17, 15) is 14.4 Å². The van der Waals surface area contributed by atoms with Crippen molar-refractivity contribution in [2.45, 2.75) is 290 Å². The molecule has 0 aliphatic heterocycles. The Bertz CT molecular complexity index is 1050. The zero-order valence-corrected chi connectivity index (χ0v) is 41.4. The molecule has 0 saturated heterocycles. The average Bonchev–Trinajstić information content (AvgIpc) is 3.27. The summed E-state index contributed by atoms with van der Waals surface area (Å²) in [6.07, 6.45) is 59.9. The van der Waals surface area contributed by atoms with E-state index in [4.69, 9.17) is 14.2 Å². The Labute approximate surface area is 385 Å². The highest BCUT2D eigenvalue weighted by Gasteiger charge is 2.19. The zero-order valence-electron chi connectivity index (χ0n) is 41.4. The third-order valence-corrected chi connectivity index (χ3v) is 11.9. The van der Waals surface area contributed by atoms with Crippen LogP contribution in [0.1, 0.15) is 284 Å². The number of unbranched alkanes of at least 4 members (excludes halogenated alkanes) is 32. The SMILES string of the molecule is CCCCCC/C=C\C/C=C\CCCCCCCC(=O)OC(COC(=O)CCCCCCCCCCC)COC(=O)CCCCCCCCCCC/C=C\CCCCCCCC. The summed E-state index contributed by atoms with van der Waals surface area (Å²) in [6.45, 7) is 6.61. The van der Waals surface area contributed by atoms with E-state index in [1.165, 1.54) is 161 Å². The fraction of sp³-hybridized carbons (Fsp3) is 0.839. The van der Waals surface area contributed by atoms with Gasteiger partial charge in [-0.3, -0.25) is 14.4 Å². The van der Waals surface area contributed by atoms with Gasteiger partial charge in [-0.2, -0.15) is 0 Å². The van der Waals surface area contributed by atoms with Crippen LogP contribution in [0.3, 0.4) is 0 Å². The maximum atomic E-state index is 12.8. The van der Waals surface area contributed by atoms with Crippen molar-refractivity contribution in [1.29, 1.82) is 0 Å². The summed E-state index contributed by atoms with van der Waals surface area (Å²) in [5, 5.41) is 0. The lowest BCUT2D eigenvalue weighted by Gasteiger charge is -2.18. The van der Waals surface area contributed by atoms with Crippen molar-refractivity contribution in [3.63, 3.8) is 0 Å². The van der Waals surface area contributed by atoms with Crippen molar-refractivity contribution in [3.05, 3.63) is 36.5 Å². The molecule has 0 radical (unpaired) electrons. The van der Waals surface area contributed by atoms with Crippen molar-refractivity contribution >= 4 is 17.9 Å². The van der Waals surface area contributed by atoms with E-state index in [1.54, 1.807) is 0 Å². The highest BCUT2D eigenvalue weighted by Crippen LogP contribution is 2.15. The molecule has 0 saturated carbocycles. The fourth-order valence-corrected chi connectivity index (χ4v) is 7.76. The molecule has 0 amide bonds. The van der Waals surface area contributed by atoms with Gasteiger partial charge in [0.05, 0.1) is 0 Å².